The number of H-pyrrole nitrogens is 1. The van der Waals surface area contributed by atoms with Crippen LogP contribution in [0.1, 0.15) is 58.7 Å². The topological polar surface area (TPSA) is 152 Å². The molecule has 11 heteroatoms. The van der Waals surface area contributed by atoms with Gasteiger partial charge in [-0.3, -0.25) is 14.4 Å². The van der Waals surface area contributed by atoms with Crippen LogP contribution in [0.2, 0.25) is 0 Å². The Hall–Kier alpha value is -5.19. The van der Waals surface area contributed by atoms with Crippen molar-refractivity contribution < 1.29 is 23.9 Å². The molecule has 4 aromatic rings. The Kier molecular flexibility index (Phi) is 8.90. The standard InChI is InChI=1S/C31H33N5O6/c1-18-11-12-20(27(37)36-25(19-9-7-6-8-10-19)17-33-30(40)42-31(2,3)4)14-23(18)34-28(38)22-13-21-16-32-26(41-5)15-24(21)35-29(22)39/h6-16,25H,17H2,1-5H3,(H,33,40)(H,34,38)(H,35,39)(H,36,37). The largest absolute Gasteiger partial charge is 0.481 e. The lowest BCUT2D eigenvalue weighted by Crippen LogP contribution is -2.40. The van der Waals surface area contributed by atoms with Crippen molar-refractivity contribution in [3.05, 3.63) is 99.5 Å². The van der Waals surface area contributed by atoms with Crippen molar-refractivity contribution in [1.29, 1.82) is 0 Å². The van der Waals surface area contributed by atoms with Crippen molar-refractivity contribution in [3.63, 3.8) is 0 Å². The van der Waals surface area contributed by atoms with Crippen molar-refractivity contribution in [2.75, 3.05) is 19.0 Å². The molecule has 0 radical (unpaired) electrons. The number of aromatic nitrogens is 2. The molecule has 1 unspecified atom stereocenters. The maximum Gasteiger partial charge on any atom is 0.407 e. The second-order valence-corrected chi connectivity index (χ2v) is 10.6. The number of carbonyl (C=O) groups excluding carboxylic acids is 3. The molecule has 0 aliphatic heterocycles. The van der Waals surface area contributed by atoms with Gasteiger partial charge in [-0.05, 0) is 57.0 Å². The van der Waals surface area contributed by atoms with Crippen LogP contribution < -0.4 is 26.2 Å². The molecule has 2 aromatic carbocycles. The molecule has 11 nitrogen and oxygen atoms in total. The number of methoxy groups -OCH3 is 1. The molecule has 0 saturated heterocycles. The number of aryl methyl sites for hydroxylation is 1. The van der Waals surface area contributed by atoms with Gasteiger partial charge in [-0.1, -0.05) is 36.4 Å². The molecular formula is C31H33N5O6. The molecular weight excluding hydrogens is 538 g/mol. The number of ether oxygens (including phenoxy) is 2. The minimum atomic E-state index is -0.666. The number of nitrogens with one attached hydrogen (secondary N) is 4. The Morgan fingerprint density at radius 3 is 2.43 bits per heavy atom. The summed E-state index contributed by atoms with van der Waals surface area (Å²) in [5, 5.41) is 8.94. The molecule has 2 aromatic heterocycles. The second kappa shape index (κ2) is 12.5. The van der Waals surface area contributed by atoms with Gasteiger partial charge in [0, 0.05) is 35.4 Å². The fourth-order valence-electron chi connectivity index (χ4n) is 4.13. The number of fused-ring (bicyclic) bond motifs is 1. The molecule has 2 heterocycles. The van der Waals surface area contributed by atoms with E-state index in [1.54, 1.807) is 45.9 Å². The van der Waals surface area contributed by atoms with E-state index in [1.807, 2.05) is 30.3 Å². The van der Waals surface area contributed by atoms with Crippen LogP contribution >= 0.6 is 0 Å². The molecule has 0 bridgehead atoms. The number of alkyl carbamates (subject to hydrolysis) is 1. The fraction of sp³-hybridized carbons (Fsp3) is 0.258. The first-order valence-corrected chi connectivity index (χ1v) is 13.3. The van der Waals surface area contributed by atoms with Gasteiger partial charge in [0.25, 0.3) is 17.4 Å². The molecule has 0 saturated carbocycles. The predicted molar refractivity (Wildman–Crippen MR) is 159 cm³/mol. The normalized spacial score (nSPS) is 11.8. The number of carbonyl (C=O) groups is 3. The van der Waals surface area contributed by atoms with Crippen molar-refractivity contribution in [2.24, 2.45) is 0 Å². The zero-order chi connectivity index (χ0) is 30.4. The monoisotopic (exact) mass is 571 g/mol. The van der Waals surface area contributed by atoms with Gasteiger partial charge in [-0.15, -0.1) is 0 Å². The molecule has 42 heavy (non-hydrogen) atoms. The summed E-state index contributed by atoms with van der Waals surface area (Å²) in [5.41, 5.74) is 1.23. The van der Waals surface area contributed by atoms with Crippen molar-refractivity contribution >= 4 is 34.5 Å². The van der Waals surface area contributed by atoms with Crippen LogP contribution in [0.15, 0.2) is 71.7 Å². The highest BCUT2D eigenvalue weighted by molar-refractivity contribution is 6.06. The van der Waals surface area contributed by atoms with E-state index in [2.05, 4.69) is 25.9 Å². The number of aromatic amines is 1. The van der Waals surface area contributed by atoms with Gasteiger partial charge < -0.3 is 30.4 Å². The van der Waals surface area contributed by atoms with Crippen LogP contribution in [0, 0.1) is 6.92 Å². The van der Waals surface area contributed by atoms with Crippen LogP contribution in [0.25, 0.3) is 10.9 Å². The molecule has 0 spiro atoms. The van der Waals surface area contributed by atoms with Gasteiger partial charge >= 0.3 is 6.09 Å². The zero-order valence-electron chi connectivity index (χ0n) is 24.0. The Morgan fingerprint density at radius 2 is 1.74 bits per heavy atom. The summed E-state index contributed by atoms with van der Waals surface area (Å²) in [5.74, 6) is -0.733. The predicted octanol–water partition coefficient (Wildman–Crippen LogP) is 4.49. The number of anilines is 1. The van der Waals surface area contributed by atoms with Crippen LogP contribution in [0.4, 0.5) is 10.5 Å². The first-order valence-electron chi connectivity index (χ1n) is 13.3. The van der Waals surface area contributed by atoms with E-state index in [0.717, 1.165) is 5.56 Å². The minimum absolute atomic E-state index is 0.0889. The molecule has 0 fully saturated rings. The molecule has 0 aliphatic carbocycles. The molecule has 0 aliphatic rings. The van der Waals surface area contributed by atoms with Crippen molar-refractivity contribution in [3.8, 4) is 5.88 Å². The van der Waals surface area contributed by atoms with Crippen molar-refractivity contribution in [2.45, 2.75) is 39.3 Å². The van der Waals surface area contributed by atoms with Gasteiger partial charge in [0.05, 0.1) is 18.7 Å². The first kappa shape index (κ1) is 29.8. The van der Waals surface area contributed by atoms with E-state index in [-0.39, 0.29) is 17.7 Å². The van der Waals surface area contributed by atoms with Gasteiger partial charge in [0.15, 0.2) is 0 Å². The van der Waals surface area contributed by atoms with Gasteiger partial charge in [0.1, 0.15) is 11.2 Å². The number of pyridine rings is 2. The summed E-state index contributed by atoms with van der Waals surface area (Å²) in [4.78, 5) is 58.2. The smallest absolute Gasteiger partial charge is 0.407 e. The number of rotatable bonds is 8. The molecule has 218 valence electrons. The molecule has 4 N–H and O–H groups in total. The van der Waals surface area contributed by atoms with Crippen LogP contribution in [0.5, 0.6) is 5.88 Å². The van der Waals surface area contributed by atoms with Crippen LogP contribution in [-0.2, 0) is 4.74 Å². The van der Waals surface area contributed by atoms with E-state index < -0.39 is 35.1 Å². The van der Waals surface area contributed by atoms with Crippen LogP contribution in [-0.4, -0.2) is 47.1 Å². The molecule has 4 rings (SSSR count). The Bertz CT molecular complexity index is 1680. The minimum Gasteiger partial charge on any atom is -0.481 e. The third-order valence-corrected chi connectivity index (χ3v) is 6.26. The lowest BCUT2D eigenvalue weighted by molar-refractivity contribution is 0.0519. The number of benzene rings is 2. The Morgan fingerprint density at radius 1 is 1.00 bits per heavy atom. The summed E-state index contributed by atoms with van der Waals surface area (Å²) in [6.45, 7) is 7.16. The highest BCUT2D eigenvalue weighted by Crippen LogP contribution is 2.21. The zero-order valence-corrected chi connectivity index (χ0v) is 24.0. The summed E-state index contributed by atoms with van der Waals surface area (Å²) in [6, 6.07) is 16.5. The van der Waals surface area contributed by atoms with E-state index in [1.165, 1.54) is 25.4 Å². The number of nitrogens with zero attached hydrogens (tertiary/aromatic N) is 1. The van der Waals surface area contributed by atoms with Gasteiger partial charge in [-0.2, -0.15) is 0 Å². The average Bonchev–Trinajstić information content (AvgIpc) is 2.95. The maximum atomic E-state index is 13.3. The van der Waals surface area contributed by atoms with E-state index >= 15 is 0 Å². The third-order valence-electron chi connectivity index (χ3n) is 6.26. The quantitative estimate of drug-likeness (QED) is 0.243. The summed E-state index contributed by atoms with van der Waals surface area (Å²) in [7, 11) is 1.47. The third kappa shape index (κ3) is 7.51. The highest BCUT2D eigenvalue weighted by atomic mass is 16.6. The maximum absolute atomic E-state index is 13.3. The number of hydrogen-bond acceptors (Lipinski definition) is 7. The molecule has 3 amide bonds. The van der Waals surface area contributed by atoms with Crippen LogP contribution in [0.3, 0.4) is 0 Å². The van der Waals surface area contributed by atoms with E-state index in [0.29, 0.717) is 28.0 Å². The average molecular weight is 572 g/mol. The first-order chi connectivity index (χ1) is 19.9. The summed E-state index contributed by atoms with van der Waals surface area (Å²) >= 11 is 0. The lowest BCUT2D eigenvalue weighted by atomic mass is 10.0. The second-order valence-electron chi connectivity index (χ2n) is 10.6. The summed E-state index contributed by atoms with van der Waals surface area (Å²) < 4.78 is 10.4. The lowest BCUT2D eigenvalue weighted by Gasteiger charge is -2.23. The number of amides is 3. The SMILES string of the molecule is COc1cc2[nH]c(=O)c(C(=O)Nc3cc(C(=O)NC(CNC(=O)OC(C)(C)C)c4ccccc4)ccc3C)cc2cn1. The van der Waals surface area contributed by atoms with Gasteiger partial charge in [0.2, 0.25) is 5.88 Å². The van der Waals surface area contributed by atoms with E-state index in [9.17, 15) is 19.2 Å². The Labute approximate surface area is 242 Å². The highest BCUT2D eigenvalue weighted by Gasteiger charge is 2.21. The van der Waals surface area contributed by atoms with Crippen molar-refractivity contribution in [1.82, 2.24) is 20.6 Å². The van der Waals surface area contributed by atoms with E-state index in [4.69, 9.17) is 9.47 Å². The Balaban J connectivity index is 1.52. The summed E-state index contributed by atoms with van der Waals surface area (Å²) in [6.07, 6.45) is 0.898. The molecule has 1 atom stereocenters. The van der Waals surface area contributed by atoms with Gasteiger partial charge in [-0.25, -0.2) is 9.78 Å². The fourth-order valence-corrected chi connectivity index (χ4v) is 4.13. The number of hydrogen-bond donors (Lipinski definition) is 4.